The molecule has 0 aromatic heterocycles. The average molecular weight is 341 g/mol. The first-order valence-corrected chi connectivity index (χ1v) is 9.76. The van der Waals surface area contributed by atoms with Gasteiger partial charge in [0.25, 0.3) is 0 Å². The zero-order valence-corrected chi connectivity index (χ0v) is 16.0. The molecule has 1 saturated heterocycles. The Morgan fingerprint density at radius 1 is 1.20 bits per heavy atom. The molecule has 3 nitrogen and oxygen atoms in total. The summed E-state index contributed by atoms with van der Waals surface area (Å²) in [5.41, 5.74) is 4.14. The number of unbranched alkanes of at least 4 members (excludes halogenated alkanes) is 1. The molecule has 0 bridgehead atoms. The summed E-state index contributed by atoms with van der Waals surface area (Å²) in [4.78, 5) is 4.97. The molecule has 3 heteroatoms. The Morgan fingerprint density at radius 3 is 2.76 bits per heavy atom. The Kier molecular flexibility index (Phi) is 6.19. The van der Waals surface area contributed by atoms with Gasteiger partial charge in [0.05, 0.1) is 5.69 Å². The fourth-order valence-electron chi connectivity index (χ4n) is 3.78. The van der Waals surface area contributed by atoms with Crippen molar-refractivity contribution in [1.82, 2.24) is 4.90 Å². The molecule has 0 amide bonds. The van der Waals surface area contributed by atoms with E-state index in [0.717, 1.165) is 12.3 Å². The molecule has 1 atom stereocenters. The number of likely N-dealkylation sites (tertiary alicyclic amines) is 1. The standard InChI is InChI=1S/C22H32N2O/c1-4-5-6-20-9-11-23(12-10-20)16-19(3)17-24-13-14-25-22-8-7-18(2)15-21(22)24/h6-8,13-15,19H,4-5,9-12,16-17H2,1-3H3/t19-/m1/s1. The quantitative estimate of drug-likeness (QED) is 0.668. The normalized spacial score (nSPS) is 18.7. The number of anilines is 1. The van der Waals surface area contributed by atoms with Gasteiger partial charge in [-0.25, -0.2) is 0 Å². The first kappa shape index (κ1) is 18.1. The molecule has 0 saturated carbocycles. The average Bonchev–Trinajstić information content (AvgIpc) is 2.61. The third kappa shape index (κ3) is 4.88. The van der Waals surface area contributed by atoms with Gasteiger partial charge in [-0.2, -0.15) is 0 Å². The van der Waals surface area contributed by atoms with Gasteiger partial charge in [-0.05, 0) is 49.8 Å². The number of fused-ring (bicyclic) bond motifs is 1. The van der Waals surface area contributed by atoms with Gasteiger partial charge < -0.3 is 14.5 Å². The highest BCUT2D eigenvalue weighted by atomic mass is 16.5. The van der Waals surface area contributed by atoms with E-state index >= 15 is 0 Å². The van der Waals surface area contributed by atoms with Crippen molar-refractivity contribution >= 4 is 5.69 Å². The number of nitrogens with zero attached hydrogens (tertiary/aromatic N) is 2. The van der Waals surface area contributed by atoms with Crippen LogP contribution in [0.2, 0.25) is 0 Å². The maximum Gasteiger partial charge on any atom is 0.150 e. The van der Waals surface area contributed by atoms with Gasteiger partial charge in [-0.15, -0.1) is 0 Å². The lowest BCUT2D eigenvalue weighted by Crippen LogP contribution is -2.37. The van der Waals surface area contributed by atoms with Crippen LogP contribution in [0.15, 0.2) is 42.3 Å². The molecular formula is C22H32N2O. The molecule has 0 N–H and O–H groups in total. The fourth-order valence-corrected chi connectivity index (χ4v) is 3.78. The highest BCUT2D eigenvalue weighted by molar-refractivity contribution is 5.63. The molecule has 0 radical (unpaired) electrons. The van der Waals surface area contributed by atoms with Crippen molar-refractivity contribution in [3.63, 3.8) is 0 Å². The third-order valence-electron chi connectivity index (χ3n) is 5.16. The topological polar surface area (TPSA) is 15.7 Å². The summed E-state index contributed by atoms with van der Waals surface area (Å²) in [5.74, 6) is 1.58. The Morgan fingerprint density at radius 2 is 2.00 bits per heavy atom. The molecule has 2 aliphatic heterocycles. The van der Waals surface area contributed by atoms with Crippen LogP contribution in [0.3, 0.4) is 0 Å². The molecular weight excluding hydrogens is 308 g/mol. The van der Waals surface area contributed by atoms with Crippen LogP contribution >= 0.6 is 0 Å². The lowest BCUT2D eigenvalue weighted by molar-refractivity contribution is 0.224. The van der Waals surface area contributed by atoms with E-state index in [-0.39, 0.29) is 0 Å². The zero-order valence-electron chi connectivity index (χ0n) is 16.0. The largest absolute Gasteiger partial charge is 0.461 e. The van der Waals surface area contributed by atoms with Gasteiger partial charge in [0.15, 0.2) is 0 Å². The minimum Gasteiger partial charge on any atom is -0.461 e. The zero-order chi connectivity index (χ0) is 17.6. The van der Waals surface area contributed by atoms with E-state index in [1.165, 1.54) is 56.6 Å². The van der Waals surface area contributed by atoms with E-state index in [0.29, 0.717) is 5.92 Å². The van der Waals surface area contributed by atoms with Crippen molar-refractivity contribution in [1.29, 1.82) is 0 Å². The molecule has 1 aromatic carbocycles. The first-order chi connectivity index (χ1) is 12.2. The highest BCUT2D eigenvalue weighted by Crippen LogP contribution is 2.33. The number of aryl methyl sites for hydroxylation is 1. The second-order valence-electron chi connectivity index (χ2n) is 7.58. The van der Waals surface area contributed by atoms with Crippen LogP contribution in [0, 0.1) is 12.8 Å². The predicted octanol–water partition coefficient (Wildman–Crippen LogP) is 5.12. The van der Waals surface area contributed by atoms with Crippen LogP contribution in [0.1, 0.15) is 45.1 Å². The number of hydrogen-bond donors (Lipinski definition) is 0. The monoisotopic (exact) mass is 340 g/mol. The van der Waals surface area contributed by atoms with E-state index in [9.17, 15) is 0 Å². The number of rotatable bonds is 6. The summed E-state index contributed by atoms with van der Waals surface area (Å²) in [5, 5.41) is 0. The van der Waals surface area contributed by atoms with Gasteiger partial charge in [-0.3, -0.25) is 0 Å². The maximum absolute atomic E-state index is 5.65. The summed E-state index contributed by atoms with van der Waals surface area (Å²) in [6, 6.07) is 6.40. The second-order valence-corrected chi connectivity index (χ2v) is 7.58. The van der Waals surface area contributed by atoms with E-state index in [4.69, 9.17) is 4.74 Å². The SMILES string of the molecule is CCCC=C1CCN(C[C@@H](C)CN2C=COc3ccc(C)cc32)CC1. The Labute approximate surface area is 153 Å². The van der Waals surface area contributed by atoms with Gasteiger partial charge in [0.1, 0.15) is 12.0 Å². The summed E-state index contributed by atoms with van der Waals surface area (Å²) in [6.45, 7) is 11.4. The second kappa shape index (κ2) is 8.57. The van der Waals surface area contributed by atoms with Crippen LogP contribution in [-0.4, -0.2) is 31.1 Å². The molecule has 0 spiro atoms. The van der Waals surface area contributed by atoms with Crippen LogP contribution in [0.25, 0.3) is 0 Å². The fraction of sp³-hybridized carbons (Fsp3) is 0.545. The maximum atomic E-state index is 5.65. The molecule has 2 aliphatic rings. The van der Waals surface area contributed by atoms with Crippen molar-refractivity contribution in [3.8, 4) is 5.75 Å². The van der Waals surface area contributed by atoms with E-state index < -0.39 is 0 Å². The molecule has 25 heavy (non-hydrogen) atoms. The molecule has 3 rings (SSSR count). The Balaban J connectivity index is 1.52. The summed E-state index contributed by atoms with van der Waals surface area (Å²) in [6.07, 6.45) is 11.4. The van der Waals surface area contributed by atoms with Crippen molar-refractivity contribution in [3.05, 3.63) is 47.9 Å². The van der Waals surface area contributed by atoms with Crippen molar-refractivity contribution < 1.29 is 4.74 Å². The van der Waals surface area contributed by atoms with Crippen molar-refractivity contribution in [2.45, 2.75) is 46.5 Å². The number of allylic oxidation sites excluding steroid dienone is 1. The van der Waals surface area contributed by atoms with Crippen LogP contribution in [0.5, 0.6) is 5.75 Å². The van der Waals surface area contributed by atoms with Crippen LogP contribution < -0.4 is 9.64 Å². The molecule has 1 fully saturated rings. The predicted molar refractivity (Wildman–Crippen MR) is 106 cm³/mol. The van der Waals surface area contributed by atoms with E-state index in [1.54, 1.807) is 11.8 Å². The Bertz CT molecular complexity index is 625. The van der Waals surface area contributed by atoms with Crippen LogP contribution in [0.4, 0.5) is 5.69 Å². The van der Waals surface area contributed by atoms with Crippen molar-refractivity contribution in [2.24, 2.45) is 5.92 Å². The lowest BCUT2D eigenvalue weighted by Gasteiger charge is -2.33. The summed E-state index contributed by atoms with van der Waals surface area (Å²) < 4.78 is 5.65. The van der Waals surface area contributed by atoms with Gasteiger partial charge in [0.2, 0.25) is 0 Å². The first-order valence-electron chi connectivity index (χ1n) is 9.76. The summed E-state index contributed by atoms with van der Waals surface area (Å²) in [7, 11) is 0. The van der Waals surface area contributed by atoms with Gasteiger partial charge in [0, 0.05) is 32.4 Å². The molecule has 1 aromatic rings. The number of hydrogen-bond acceptors (Lipinski definition) is 3. The molecule has 0 unspecified atom stereocenters. The highest BCUT2D eigenvalue weighted by Gasteiger charge is 2.20. The number of benzene rings is 1. The van der Waals surface area contributed by atoms with Gasteiger partial charge >= 0.3 is 0 Å². The molecule has 136 valence electrons. The lowest BCUT2D eigenvalue weighted by atomic mass is 10.0. The van der Waals surface area contributed by atoms with E-state index in [1.807, 2.05) is 0 Å². The van der Waals surface area contributed by atoms with E-state index in [2.05, 4.69) is 61.0 Å². The van der Waals surface area contributed by atoms with Crippen LogP contribution in [-0.2, 0) is 0 Å². The van der Waals surface area contributed by atoms with Gasteiger partial charge in [-0.1, -0.05) is 38.0 Å². The third-order valence-corrected chi connectivity index (χ3v) is 5.16. The summed E-state index contributed by atoms with van der Waals surface area (Å²) >= 11 is 0. The molecule has 2 heterocycles. The molecule has 0 aliphatic carbocycles. The number of ether oxygens (including phenoxy) is 1. The smallest absolute Gasteiger partial charge is 0.150 e. The minimum atomic E-state index is 0.622. The van der Waals surface area contributed by atoms with Crippen molar-refractivity contribution in [2.75, 3.05) is 31.1 Å². The number of piperidine rings is 1. The minimum absolute atomic E-state index is 0.622. The Hall–Kier alpha value is -1.74.